The van der Waals surface area contributed by atoms with E-state index >= 15 is 0 Å². The summed E-state index contributed by atoms with van der Waals surface area (Å²) in [5, 5.41) is 23.5. The maximum absolute atomic E-state index is 14.8. The smallest absolute Gasteiger partial charge is 0.507 e. The van der Waals surface area contributed by atoms with Gasteiger partial charge in [-0.1, -0.05) is 166 Å². The van der Waals surface area contributed by atoms with Crippen LogP contribution in [0.2, 0.25) is 0 Å². The predicted molar refractivity (Wildman–Crippen MR) is 308 cm³/mol. The van der Waals surface area contributed by atoms with Crippen LogP contribution in [-0.4, -0.2) is 24.8 Å². The average Bonchev–Trinajstić information content (AvgIpc) is 3.13. The maximum atomic E-state index is 14.8. The van der Waals surface area contributed by atoms with E-state index in [2.05, 4.69) is 222 Å². The molecule has 0 radical (unpaired) electrons. The van der Waals surface area contributed by atoms with E-state index in [1.165, 1.54) is 0 Å². The van der Waals surface area contributed by atoms with Crippen molar-refractivity contribution in [2.75, 3.05) is 5.08 Å². The molecule has 0 aliphatic rings. The van der Waals surface area contributed by atoms with Crippen LogP contribution in [0, 0.1) is 0 Å². The molecule has 0 bridgehead atoms. The van der Waals surface area contributed by atoms with Gasteiger partial charge in [0.1, 0.15) is 23.0 Å². The summed E-state index contributed by atoms with van der Waals surface area (Å²) in [4.78, 5) is 16.4. The van der Waals surface area contributed by atoms with Crippen molar-refractivity contribution in [3.63, 3.8) is 0 Å². The third kappa shape index (κ3) is 15.4. The van der Waals surface area contributed by atoms with E-state index in [0.29, 0.717) is 23.0 Å². The summed E-state index contributed by atoms with van der Waals surface area (Å²) in [6, 6.07) is 16.9. The Morgan fingerprint density at radius 1 is 0.400 bits per heavy atom. The van der Waals surface area contributed by atoms with Gasteiger partial charge in [-0.2, -0.15) is 0 Å². The number of hydrogen-bond acceptors (Lipinski definition) is 9. The monoisotopic (exact) mass is 1050 g/mol. The molecule has 11 heteroatoms. The number of phenolic OH excluding ortho intramolecular Hbond substituents is 2. The van der Waals surface area contributed by atoms with Crippen molar-refractivity contribution in [1.29, 1.82) is 0 Å². The first-order chi connectivity index (χ1) is 31.2. The number of hydrogen-bond donors (Lipinski definition) is 3. The van der Waals surface area contributed by atoms with Crippen molar-refractivity contribution in [2.45, 2.75) is 241 Å². The second-order valence-electron chi connectivity index (χ2n) is 27.3. The first kappa shape index (κ1) is 60.2. The molecule has 0 fully saturated rings. The Morgan fingerprint density at radius 2 is 0.600 bits per heavy atom. The van der Waals surface area contributed by atoms with Gasteiger partial charge in [0, 0.05) is 69.2 Å². The van der Waals surface area contributed by atoms with Gasteiger partial charge < -0.3 is 19.3 Å². The Balaban J connectivity index is 1.76. The quantitative estimate of drug-likeness (QED) is 0.0723. The molecule has 2 unspecified atom stereocenters. The Morgan fingerprint density at radius 3 is 0.829 bits per heavy atom. The van der Waals surface area contributed by atoms with E-state index < -0.39 is 29.5 Å². The minimum atomic E-state index is -4.83. The van der Waals surface area contributed by atoms with Crippen LogP contribution < -0.4 is 9.05 Å². The van der Waals surface area contributed by atoms with Crippen LogP contribution in [0.15, 0.2) is 68.1 Å². The molecule has 0 heterocycles. The lowest BCUT2D eigenvalue weighted by atomic mass is 9.79. The van der Waals surface area contributed by atoms with Crippen molar-refractivity contribution >= 4 is 54.9 Å². The number of rotatable bonds is 12. The van der Waals surface area contributed by atoms with Gasteiger partial charge in [-0.05, 0) is 98.8 Å². The molecule has 4 aromatic carbocycles. The lowest BCUT2D eigenvalue weighted by Gasteiger charge is -2.33. The molecule has 390 valence electrons. The van der Waals surface area contributed by atoms with E-state index in [1.807, 2.05) is 0 Å². The highest BCUT2D eigenvalue weighted by Gasteiger charge is 2.39. The molecule has 6 nitrogen and oxygen atoms in total. The second kappa shape index (κ2) is 20.8. The summed E-state index contributed by atoms with van der Waals surface area (Å²) < 4.78 is 27.8. The van der Waals surface area contributed by atoms with Crippen LogP contribution in [0.5, 0.6) is 23.0 Å². The largest absolute Gasteiger partial charge is 0.584 e. The first-order valence-corrected chi connectivity index (χ1v) is 29.9. The first-order valence-electron chi connectivity index (χ1n) is 24.7. The maximum Gasteiger partial charge on any atom is 0.584 e. The number of phenols is 2. The number of aromatic hydroxyl groups is 2. The minimum absolute atomic E-state index is 0.0895. The summed E-state index contributed by atoms with van der Waals surface area (Å²) in [6.45, 7) is 53.1. The number of phosphoric ester groups is 1. The highest BCUT2D eigenvalue weighted by molar-refractivity contribution is 8.17. The normalized spacial score (nSPS) is 14.9. The molecule has 3 N–H and O–H groups in total. The molecule has 70 heavy (non-hydrogen) atoms. The minimum Gasteiger partial charge on any atom is -0.507 e. The van der Waals surface area contributed by atoms with E-state index in [1.54, 1.807) is 47.0 Å². The van der Waals surface area contributed by atoms with Gasteiger partial charge in [0.25, 0.3) is 0 Å². The van der Waals surface area contributed by atoms with Crippen LogP contribution >= 0.6 is 54.9 Å². The fraction of sp³-hybridized carbons (Fsp3) is 0.593. The summed E-state index contributed by atoms with van der Waals surface area (Å²) in [5.41, 5.74) is 4.28. The fourth-order valence-electron chi connectivity index (χ4n) is 8.26. The van der Waals surface area contributed by atoms with Gasteiger partial charge in [-0.3, -0.25) is 4.89 Å². The summed E-state index contributed by atoms with van der Waals surface area (Å²) in [6.07, 6.45) is 0. The SMILES string of the molecule is CC(Sc1cc(C(C)(C)C)c(O)c(C(C)(C)C)c1)Sc1cc(C(C)(C)C)c(OP(=O)(O)Oc2c(C(C)(C)C)cc(SCSc3cc(C(C)(C)C)c(O)c(C(C)(C)C)c3)cc2C(C)(C)C)c(C(C)(C)C)c1. The van der Waals surface area contributed by atoms with Crippen LogP contribution in [0.1, 0.15) is 218 Å². The summed E-state index contributed by atoms with van der Waals surface area (Å²) in [5.74, 6) is 1.49. The van der Waals surface area contributed by atoms with E-state index in [-0.39, 0.29) is 26.2 Å². The molecule has 4 rings (SSSR count). The Labute approximate surface area is 442 Å². The van der Waals surface area contributed by atoms with Gasteiger partial charge in [0.15, 0.2) is 0 Å². The molecular formula is C59H89O6PS4. The molecule has 0 spiro atoms. The van der Waals surface area contributed by atoms with Crippen molar-refractivity contribution < 1.29 is 28.7 Å². The Hall–Kier alpha value is -2.33. The molecular weight excluding hydrogens is 964 g/mol. The average molecular weight is 1050 g/mol. The van der Waals surface area contributed by atoms with Crippen molar-refractivity contribution in [3.05, 3.63) is 93.0 Å². The summed E-state index contributed by atoms with van der Waals surface area (Å²) in [7, 11) is -4.83. The van der Waals surface area contributed by atoms with Crippen LogP contribution in [0.4, 0.5) is 0 Å². The molecule has 0 amide bonds. The van der Waals surface area contributed by atoms with Gasteiger partial charge in [-0.25, -0.2) is 4.57 Å². The van der Waals surface area contributed by atoms with Gasteiger partial charge in [0.05, 0.1) is 4.58 Å². The number of benzene rings is 4. The topological polar surface area (TPSA) is 96.2 Å². The third-order valence-electron chi connectivity index (χ3n) is 12.2. The molecule has 2 atom stereocenters. The van der Waals surface area contributed by atoms with Crippen molar-refractivity contribution in [2.24, 2.45) is 0 Å². The zero-order valence-corrected chi connectivity index (χ0v) is 51.7. The van der Waals surface area contributed by atoms with Gasteiger partial charge in [0.2, 0.25) is 0 Å². The fourth-order valence-corrected chi connectivity index (χ4v) is 13.6. The molecule has 0 aromatic heterocycles. The van der Waals surface area contributed by atoms with Gasteiger partial charge >= 0.3 is 7.82 Å². The highest BCUT2D eigenvalue weighted by atomic mass is 32.2. The van der Waals surface area contributed by atoms with E-state index in [0.717, 1.165) is 69.2 Å². The molecule has 0 aliphatic heterocycles. The van der Waals surface area contributed by atoms with Crippen LogP contribution in [0.25, 0.3) is 0 Å². The highest BCUT2D eigenvalue weighted by Crippen LogP contribution is 2.56. The molecule has 0 aliphatic carbocycles. The number of phosphoric acid groups is 1. The number of thioether (sulfide) groups is 4. The molecule has 0 saturated heterocycles. The zero-order valence-electron chi connectivity index (χ0n) is 47.5. The Bertz CT molecular complexity index is 2440. The zero-order chi connectivity index (χ0) is 53.9. The summed E-state index contributed by atoms with van der Waals surface area (Å²) >= 11 is 6.98. The van der Waals surface area contributed by atoms with Crippen LogP contribution in [-0.2, 0) is 47.9 Å². The standard InChI is InChI=1S/C59H89O6PS4/c1-35(69-38-30-42(54(8,9)10)49(61)43(31-38)55(11,12)13)70-39-32-46(58(20,21)22)51(47(33-39)59(23,24)25)65-66(62,63)64-50-44(56(14,15)16)28-37(29-45(50)57(17,18)19)68-34-67-36-26-40(52(2,3)4)48(60)41(27-36)53(5,6)7/h26-33,35,60-61H,34H2,1-25H3,(H,62,63). The Kier molecular flexibility index (Phi) is 17.9. The van der Waals surface area contributed by atoms with Crippen molar-refractivity contribution in [1.82, 2.24) is 0 Å². The van der Waals surface area contributed by atoms with Gasteiger partial charge in [-0.15, -0.1) is 47.0 Å². The molecule has 0 saturated carbocycles. The lowest BCUT2D eigenvalue weighted by molar-refractivity contribution is 0.280. The van der Waals surface area contributed by atoms with Crippen molar-refractivity contribution in [3.8, 4) is 23.0 Å². The van der Waals surface area contributed by atoms with E-state index in [9.17, 15) is 19.7 Å². The lowest BCUT2D eigenvalue weighted by Crippen LogP contribution is -2.22. The van der Waals surface area contributed by atoms with Crippen LogP contribution in [0.3, 0.4) is 0 Å². The second-order valence-corrected chi connectivity index (χ2v) is 34.2. The predicted octanol–water partition coefficient (Wildman–Crippen LogP) is 19.1. The molecule has 4 aromatic rings. The third-order valence-corrected chi connectivity index (χ3v) is 17.4. The van der Waals surface area contributed by atoms with E-state index in [4.69, 9.17) is 9.05 Å².